The van der Waals surface area contributed by atoms with Crippen LogP contribution in [0.5, 0.6) is 5.75 Å². The Morgan fingerprint density at radius 3 is 2.58 bits per heavy atom. The molecule has 0 saturated heterocycles. The third kappa shape index (κ3) is 5.76. The van der Waals surface area contributed by atoms with Crippen molar-refractivity contribution in [1.29, 1.82) is 0 Å². The fourth-order valence-electron chi connectivity index (χ4n) is 2.91. The number of carbonyl (C=O) groups is 1. The summed E-state index contributed by atoms with van der Waals surface area (Å²) in [4.78, 5) is 12.3. The highest BCUT2D eigenvalue weighted by atomic mass is 19.1. The van der Waals surface area contributed by atoms with Crippen molar-refractivity contribution in [1.82, 2.24) is 10.2 Å². The summed E-state index contributed by atoms with van der Waals surface area (Å²) in [7, 11) is 0. The van der Waals surface area contributed by atoms with E-state index in [9.17, 15) is 9.18 Å². The third-order valence-corrected chi connectivity index (χ3v) is 4.49. The second-order valence-corrected chi connectivity index (χ2v) is 6.86. The molecule has 156 valence electrons. The second kappa shape index (κ2) is 9.67. The van der Waals surface area contributed by atoms with Crippen LogP contribution >= 0.6 is 0 Å². The fraction of sp³-hybridized carbons (Fsp3) is 0.125. The Kier molecular flexibility index (Phi) is 6.32. The van der Waals surface area contributed by atoms with E-state index in [0.717, 1.165) is 11.1 Å². The Labute approximate surface area is 178 Å². The molecule has 1 amide bonds. The van der Waals surface area contributed by atoms with E-state index in [1.807, 2.05) is 30.3 Å². The molecule has 1 heterocycles. The molecule has 31 heavy (non-hydrogen) atoms. The van der Waals surface area contributed by atoms with Gasteiger partial charge in [0.25, 0.3) is 0 Å². The number of halogens is 1. The predicted octanol–water partition coefficient (Wildman–Crippen LogP) is 5.03. The number of benzene rings is 3. The van der Waals surface area contributed by atoms with Crippen LogP contribution in [0.3, 0.4) is 0 Å². The highest BCUT2D eigenvalue weighted by Gasteiger charge is 2.11. The molecule has 0 aliphatic carbocycles. The van der Waals surface area contributed by atoms with Crippen molar-refractivity contribution in [2.75, 3.05) is 5.32 Å². The molecule has 1 aromatic heterocycles. The lowest BCUT2D eigenvalue weighted by Gasteiger charge is -2.09. The van der Waals surface area contributed by atoms with Crippen molar-refractivity contribution < 1.29 is 18.3 Å². The van der Waals surface area contributed by atoms with Crippen LogP contribution in [0.25, 0.3) is 11.5 Å². The number of nitrogens with zero attached hydrogens (tertiary/aromatic N) is 2. The monoisotopic (exact) mass is 417 g/mol. The van der Waals surface area contributed by atoms with Crippen LogP contribution in [-0.2, 0) is 17.8 Å². The lowest BCUT2D eigenvalue weighted by atomic mass is 10.2. The molecular formula is C24H20FN3O3. The number of hydrogen-bond donors (Lipinski definition) is 1. The van der Waals surface area contributed by atoms with E-state index in [2.05, 4.69) is 15.5 Å². The maximum atomic E-state index is 13.0. The number of aromatic nitrogens is 2. The fourth-order valence-corrected chi connectivity index (χ4v) is 2.91. The Balaban J connectivity index is 1.28. The van der Waals surface area contributed by atoms with Crippen molar-refractivity contribution in [2.24, 2.45) is 0 Å². The number of hydrogen-bond acceptors (Lipinski definition) is 5. The Bertz CT molecular complexity index is 1140. The smallest absolute Gasteiger partial charge is 0.247 e. The van der Waals surface area contributed by atoms with Crippen molar-refractivity contribution in [3.05, 3.63) is 96.1 Å². The Hall–Kier alpha value is -4.00. The van der Waals surface area contributed by atoms with Crippen LogP contribution in [0.4, 0.5) is 10.1 Å². The summed E-state index contributed by atoms with van der Waals surface area (Å²) in [5.74, 6) is 0.986. The van der Waals surface area contributed by atoms with Gasteiger partial charge in [0.15, 0.2) is 0 Å². The molecule has 0 aliphatic rings. The van der Waals surface area contributed by atoms with Gasteiger partial charge in [-0.2, -0.15) is 0 Å². The summed E-state index contributed by atoms with van der Waals surface area (Å²) in [6, 6.07) is 22.7. The average Bonchev–Trinajstić information content (AvgIpc) is 3.27. The van der Waals surface area contributed by atoms with Gasteiger partial charge in [-0.05, 0) is 42.0 Å². The molecule has 3 aromatic carbocycles. The molecular weight excluding hydrogens is 397 g/mol. The molecule has 0 atom stereocenters. The number of rotatable bonds is 8. The maximum Gasteiger partial charge on any atom is 0.247 e. The summed E-state index contributed by atoms with van der Waals surface area (Å²) >= 11 is 0. The Morgan fingerprint density at radius 1 is 0.968 bits per heavy atom. The lowest BCUT2D eigenvalue weighted by molar-refractivity contribution is -0.116. The number of carbonyl (C=O) groups excluding carboxylic acids is 1. The van der Waals surface area contributed by atoms with E-state index in [1.165, 1.54) is 12.1 Å². The highest BCUT2D eigenvalue weighted by Crippen LogP contribution is 2.20. The summed E-state index contributed by atoms with van der Waals surface area (Å²) in [5, 5.41) is 10.9. The van der Waals surface area contributed by atoms with E-state index in [0.29, 0.717) is 36.2 Å². The summed E-state index contributed by atoms with van der Waals surface area (Å²) in [6.45, 7) is 0.304. The van der Waals surface area contributed by atoms with Crippen molar-refractivity contribution in [2.45, 2.75) is 19.4 Å². The number of amides is 1. The lowest BCUT2D eigenvalue weighted by Crippen LogP contribution is -2.12. The van der Waals surface area contributed by atoms with Crippen LogP contribution in [0.2, 0.25) is 0 Å². The molecule has 7 heteroatoms. The minimum absolute atomic E-state index is 0.171. The summed E-state index contributed by atoms with van der Waals surface area (Å²) in [5.41, 5.74) is 2.31. The van der Waals surface area contributed by atoms with Gasteiger partial charge in [-0.15, -0.1) is 10.2 Å². The largest absolute Gasteiger partial charge is 0.489 e. The standard InChI is InChI=1S/C24H20FN3O3/c25-19-11-9-17(10-12-19)16-30-21-8-4-7-20(15-21)26-22(29)13-14-23-27-28-24(31-23)18-5-2-1-3-6-18/h1-12,15H,13-14,16H2,(H,26,29). The first-order valence-corrected chi connectivity index (χ1v) is 9.81. The summed E-state index contributed by atoms with van der Waals surface area (Å²) < 4.78 is 24.3. The van der Waals surface area contributed by atoms with Crippen LogP contribution in [0.15, 0.2) is 83.3 Å². The molecule has 0 radical (unpaired) electrons. The molecule has 0 unspecified atom stereocenters. The molecule has 0 saturated carbocycles. The van der Waals surface area contributed by atoms with Crippen molar-refractivity contribution in [3.8, 4) is 17.2 Å². The molecule has 0 aliphatic heterocycles. The van der Waals surface area contributed by atoms with Gasteiger partial charge < -0.3 is 14.5 Å². The van der Waals surface area contributed by atoms with Gasteiger partial charge in [-0.3, -0.25) is 4.79 Å². The molecule has 6 nitrogen and oxygen atoms in total. The van der Waals surface area contributed by atoms with E-state index in [-0.39, 0.29) is 18.1 Å². The molecule has 0 spiro atoms. The minimum Gasteiger partial charge on any atom is -0.489 e. The van der Waals surface area contributed by atoms with Gasteiger partial charge in [0.1, 0.15) is 18.2 Å². The van der Waals surface area contributed by atoms with Crippen LogP contribution in [0.1, 0.15) is 17.9 Å². The second-order valence-electron chi connectivity index (χ2n) is 6.86. The zero-order valence-electron chi connectivity index (χ0n) is 16.6. The molecule has 0 bridgehead atoms. The van der Waals surface area contributed by atoms with Gasteiger partial charge in [-0.1, -0.05) is 36.4 Å². The van der Waals surface area contributed by atoms with Gasteiger partial charge in [0.2, 0.25) is 17.7 Å². The average molecular weight is 417 g/mol. The van der Waals surface area contributed by atoms with E-state index in [4.69, 9.17) is 9.15 Å². The predicted molar refractivity (Wildman–Crippen MR) is 114 cm³/mol. The highest BCUT2D eigenvalue weighted by molar-refractivity contribution is 5.90. The quantitative estimate of drug-likeness (QED) is 0.435. The summed E-state index contributed by atoms with van der Waals surface area (Å²) in [6.07, 6.45) is 0.545. The molecule has 4 rings (SSSR count). The van der Waals surface area contributed by atoms with Gasteiger partial charge >= 0.3 is 0 Å². The SMILES string of the molecule is O=C(CCc1nnc(-c2ccccc2)o1)Nc1cccc(OCc2ccc(F)cc2)c1. The van der Waals surface area contributed by atoms with Crippen LogP contribution < -0.4 is 10.1 Å². The van der Waals surface area contributed by atoms with Crippen molar-refractivity contribution >= 4 is 11.6 Å². The normalized spacial score (nSPS) is 10.6. The number of nitrogens with one attached hydrogen (secondary N) is 1. The Morgan fingerprint density at radius 2 is 1.77 bits per heavy atom. The molecule has 1 N–H and O–H groups in total. The topological polar surface area (TPSA) is 77.2 Å². The van der Waals surface area contributed by atoms with E-state index in [1.54, 1.807) is 36.4 Å². The number of ether oxygens (including phenoxy) is 1. The number of anilines is 1. The zero-order valence-corrected chi connectivity index (χ0v) is 16.6. The van der Waals surface area contributed by atoms with Gasteiger partial charge in [0.05, 0.1) is 0 Å². The van der Waals surface area contributed by atoms with Gasteiger partial charge in [0, 0.05) is 30.2 Å². The van der Waals surface area contributed by atoms with Crippen LogP contribution in [-0.4, -0.2) is 16.1 Å². The number of aryl methyl sites for hydroxylation is 1. The maximum absolute atomic E-state index is 13.0. The van der Waals surface area contributed by atoms with E-state index < -0.39 is 0 Å². The molecule has 4 aromatic rings. The third-order valence-electron chi connectivity index (χ3n) is 4.49. The zero-order chi connectivity index (χ0) is 21.5. The first-order chi connectivity index (χ1) is 15.2. The van der Waals surface area contributed by atoms with Crippen molar-refractivity contribution in [3.63, 3.8) is 0 Å². The van der Waals surface area contributed by atoms with E-state index >= 15 is 0 Å². The van der Waals surface area contributed by atoms with Gasteiger partial charge in [-0.25, -0.2) is 4.39 Å². The minimum atomic E-state index is -0.287. The molecule has 0 fully saturated rings. The first-order valence-electron chi connectivity index (χ1n) is 9.81. The van der Waals surface area contributed by atoms with Crippen LogP contribution in [0, 0.1) is 5.82 Å². The first kappa shape index (κ1) is 20.3.